The SMILES string of the molecule is [C-]#[N+]c1ccc(N(c2ccc(C(C)(C)C)cc2)c2cc3c(c4ccccc24)-c2c(cc(N(c4ccc(C#N)cc4)c4ccc(C(C)(C)C)cc4)c4ccccc24)C32c3ccccc3-n3c4ccccc4c4cccc2c43)cc1. The van der Waals surface area contributed by atoms with Gasteiger partial charge >= 0.3 is 0 Å². The van der Waals surface area contributed by atoms with E-state index in [2.05, 4.69) is 267 Å². The van der Waals surface area contributed by atoms with Crippen LogP contribution in [0.15, 0.2) is 224 Å². The number of anilines is 6. The van der Waals surface area contributed by atoms with E-state index in [0.29, 0.717) is 11.3 Å². The number of aromatic nitrogens is 1. The minimum absolute atomic E-state index is 0.0376. The first-order valence-corrected chi connectivity index (χ1v) is 26.9. The lowest BCUT2D eigenvalue weighted by atomic mass is 9.65. The predicted octanol–water partition coefficient (Wildman–Crippen LogP) is 19.7. The van der Waals surface area contributed by atoms with Crippen LogP contribution in [-0.4, -0.2) is 4.57 Å². The maximum Gasteiger partial charge on any atom is 0.187 e. The molecular formula is C73H55N5. The van der Waals surface area contributed by atoms with Crippen molar-refractivity contribution in [2.45, 2.75) is 57.8 Å². The zero-order chi connectivity index (χ0) is 53.2. The Balaban J connectivity index is 1.17. The summed E-state index contributed by atoms with van der Waals surface area (Å²) in [7, 11) is 0. The molecule has 14 rings (SSSR count). The fourth-order valence-corrected chi connectivity index (χ4v) is 13.1. The second kappa shape index (κ2) is 17.2. The number of benzene rings is 11. The standard InChI is InChI=1S/C73H55N5/c1-71(2,3)47-29-37-51(38-30-47)76(50-35-27-46(45-74)28-36-50)66-43-62-68(57-20-10-8-17-54(57)66)69-58-21-11-9-18-55(58)67(77(53-41-33-49(75-7)34-42-53)52-39-31-48(32-40-52)72(4,5)6)44-63(69)73(62)60-23-13-15-26-65(60)78-64-25-14-12-19-56(64)59-22-16-24-61(73)70(59)78/h8-44H,1-6H3. The van der Waals surface area contributed by atoms with Gasteiger partial charge < -0.3 is 14.4 Å². The summed E-state index contributed by atoms with van der Waals surface area (Å²) in [6.07, 6.45) is 0. The van der Waals surface area contributed by atoms with Gasteiger partial charge in [0.1, 0.15) is 0 Å². The van der Waals surface area contributed by atoms with E-state index in [9.17, 15) is 5.26 Å². The second-order valence-corrected chi connectivity index (χ2v) is 23.1. The smallest absolute Gasteiger partial charge is 0.187 e. The molecule has 1 atom stereocenters. The molecule has 11 aromatic carbocycles. The number of fused-ring (bicyclic) bond motifs is 16. The first-order valence-electron chi connectivity index (χ1n) is 26.9. The van der Waals surface area contributed by atoms with Crippen molar-refractivity contribution >= 4 is 83.2 Å². The third-order valence-corrected chi connectivity index (χ3v) is 16.7. The lowest BCUT2D eigenvalue weighted by Gasteiger charge is -2.40. The highest BCUT2D eigenvalue weighted by molar-refractivity contribution is 6.20. The minimum atomic E-state index is -0.856. The highest BCUT2D eigenvalue weighted by Crippen LogP contribution is 2.66. The molecule has 0 radical (unpaired) electrons. The van der Waals surface area contributed by atoms with Crippen molar-refractivity contribution in [1.29, 1.82) is 5.26 Å². The molecule has 5 heteroatoms. The van der Waals surface area contributed by atoms with Crippen LogP contribution in [0.5, 0.6) is 0 Å². The van der Waals surface area contributed by atoms with Crippen molar-refractivity contribution in [1.82, 2.24) is 4.57 Å². The van der Waals surface area contributed by atoms with E-state index >= 15 is 0 Å². The normalized spacial score (nSPS) is 14.3. The van der Waals surface area contributed by atoms with Crippen molar-refractivity contribution in [2.24, 2.45) is 0 Å². The molecule has 2 heterocycles. The molecular weight excluding hydrogens is 947 g/mol. The maximum atomic E-state index is 10.1. The third-order valence-electron chi connectivity index (χ3n) is 16.7. The monoisotopic (exact) mass is 1000 g/mol. The van der Waals surface area contributed by atoms with E-state index in [-0.39, 0.29) is 10.8 Å². The number of nitrogens with zero attached hydrogens (tertiary/aromatic N) is 5. The minimum Gasteiger partial charge on any atom is -0.310 e. The first-order chi connectivity index (χ1) is 37.9. The molecule has 0 saturated carbocycles. The summed E-state index contributed by atoms with van der Waals surface area (Å²) in [6, 6.07) is 84.5. The number of rotatable bonds is 6. The molecule has 1 unspecified atom stereocenters. The summed E-state index contributed by atoms with van der Waals surface area (Å²) in [5.41, 5.74) is 19.7. The van der Waals surface area contributed by atoms with E-state index in [1.807, 2.05) is 24.3 Å². The Morgan fingerprint density at radius 1 is 0.436 bits per heavy atom. The van der Waals surface area contributed by atoms with Gasteiger partial charge in [-0.3, -0.25) is 0 Å². The van der Waals surface area contributed by atoms with Gasteiger partial charge in [-0.2, -0.15) is 5.26 Å². The van der Waals surface area contributed by atoms with E-state index in [1.54, 1.807) is 0 Å². The highest BCUT2D eigenvalue weighted by atomic mass is 15.2. The zero-order valence-corrected chi connectivity index (χ0v) is 44.6. The molecule has 5 nitrogen and oxygen atoms in total. The van der Waals surface area contributed by atoms with Crippen LogP contribution in [0.1, 0.15) is 80.5 Å². The molecule has 2 aliphatic rings. The van der Waals surface area contributed by atoms with Gasteiger partial charge in [0.15, 0.2) is 5.69 Å². The van der Waals surface area contributed by atoms with Gasteiger partial charge in [0.05, 0.1) is 51.7 Å². The quantitative estimate of drug-likeness (QED) is 0.156. The fraction of sp³-hybridized carbons (Fsp3) is 0.123. The summed E-state index contributed by atoms with van der Waals surface area (Å²) in [6.45, 7) is 21.5. The van der Waals surface area contributed by atoms with Gasteiger partial charge in [-0.25, -0.2) is 4.85 Å². The second-order valence-electron chi connectivity index (χ2n) is 23.1. The van der Waals surface area contributed by atoms with Gasteiger partial charge in [0, 0.05) is 44.3 Å². The Hall–Kier alpha value is -9.68. The number of hydrogen-bond acceptors (Lipinski definition) is 3. The Morgan fingerprint density at radius 2 is 0.859 bits per heavy atom. The number of para-hydroxylation sites is 3. The van der Waals surface area contributed by atoms with Crippen molar-refractivity contribution in [3.05, 3.63) is 275 Å². The molecule has 12 aromatic rings. The van der Waals surface area contributed by atoms with Crippen LogP contribution in [0.2, 0.25) is 0 Å². The zero-order valence-electron chi connectivity index (χ0n) is 44.6. The predicted molar refractivity (Wildman–Crippen MR) is 324 cm³/mol. The Bertz CT molecular complexity index is 4310. The van der Waals surface area contributed by atoms with Crippen LogP contribution >= 0.6 is 0 Å². The van der Waals surface area contributed by atoms with Crippen LogP contribution in [0.25, 0.3) is 65.0 Å². The van der Waals surface area contributed by atoms with Crippen molar-refractivity contribution < 1.29 is 0 Å². The molecule has 0 amide bonds. The summed E-state index contributed by atoms with van der Waals surface area (Å²) < 4.78 is 2.52. The first kappa shape index (κ1) is 46.8. The van der Waals surface area contributed by atoms with E-state index < -0.39 is 5.41 Å². The average molecular weight is 1000 g/mol. The van der Waals surface area contributed by atoms with Gasteiger partial charge in [-0.05, 0) is 151 Å². The lowest BCUT2D eigenvalue weighted by Crippen LogP contribution is -2.34. The van der Waals surface area contributed by atoms with Crippen LogP contribution in [0, 0.1) is 17.9 Å². The summed E-state index contributed by atoms with van der Waals surface area (Å²) in [5, 5.41) is 17.1. The molecule has 78 heavy (non-hydrogen) atoms. The summed E-state index contributed by atoms with van der Waals surface area (Å²) in [4.78, 5) is 8.63. The van der Waals surface area contributed by atoms with Crippen LogP contribution in [0.4, 0.5) is 39.8 Å². The lowest BCUT2D eigenvalue weighted by molar-refractivity contribution is 0.590. The number of nitriles is 1. The average Bonchev–Trinajstić information content (AvgIpc) is 4.17. The third kappa shape index (κ3) is 6.78. The van der Waals surface area contributed by atoms with Crippen LogP contribution in [0.3, 0.4) is 0 Å². The molecule has 0 N–H and O–H groups in total. The van der Waals surface area contributed by atoms with Crippen molar-refractivity contribution in [3.8, 4) is 22.9 Å². The Morgan fingerprint density at radius 3 is 1.36 bits per heavy atom. The van der Waals surface area contributed by atoms with Gasteiger partial charge in [-0.15, -0.1) is 0 Å². The van der Waals surface area contributed by atoms with E-state index in [1.165, 1.54) is 66.3 Å². The molecule has 1 aliphatic carbocycles. The maximum absolute atomic E-state index is 10.1. The van der Waals surface area contributed by atoms with Crippen LogP contribution in [-0.2, 0) is 16.2 Å². The molecule has 1 aliphatic heterocycles. The molecule has 0 bridgehead atoms. The molecule has 1 spiro atoms. The Labute approximate surface area is 455 Å². The Kier molecular flexibility index (Phi) is 10.3. The molecule has 372 valence electrons. The van der Waals surface area contributed by atoms with Crippen molar-refractivity contribution in [2.75, 3.05) is 9.80 Å². The van der Waals surface area contributed by atoms with Gasteiger partial charge in [0.25, 0.3) is 0 Å². The van der Waals surface area contributed by atoms with Gasteiger partial charge in [-0.1, -0.05) is 181 Å². The largest absolute Gasteiger partial charge is 0.310 e. The molecule has 0 saturated heterocycles. The van der Waals surface area contributed by atoms with Crippen molar-refractivity contribution in [3.63, 3.8) is 0 Å². The molecule has 0 fully saturated rings. The van der Waals surface area contributed by atoms with Gasteiger partial charge in [0.2, 0.25) is 0 Å². The number of hydrogen-bond donors (Lipinski definition) is 0. The summed E-state index contributed by atoms with van der Waals surface area (Å²) in [5.74, 6) is 0. The topological polar surface area (TPSA) is 39.6 Å². The fourth-order valence-electron chi connectivity index (χ4n) is 13.1. The highest BCUT2D eigenvalue weighted by Gasteiger charge is 2.53. The summed E-state index contributed by atoms with van der Waals surface area (Å²) >= 11 is 0. The molecule has 1 aromatic heterocycles. The van der Waals surface area contributed by atoms with E-state index in [4.69, 9.17) is 6.57 Å². The van der Waals surface area contributed by atoms with E-state index in [0.717, 1.165) is 61.4 Å². The van der Waals surface area contributed by atoms with Crippen LogP contribution < -0.4 is 9.80 Å².